The summed E-state index contributed by atoms with van der Waals surface area (Å²) in [6, 6.07) is 13.6. The average molecular weight is 316 g/mol. The first-order chi connectivity index (χ1) is 9.36. The number of nitrogens with zero attached hydrogens (tertiary/aromatic N) is 5. The Morgan fingerprint density at radius 2 is 1.89 bits per heavy atom. The Hall–Kier alpha value is -2.08. The van der Waals surface area contributed by atoms with Gasteiger partial charge in [0, 0.05) is 17.1 Å². The van der Waals surface area contributed by atoms with Crippen LogP contribution in [-0.2, 0) is 5.33 Å². The molecule has 2 heterocycles. The molecule has 0 saturated carbocycles. The lowest BCUT2D eigenvalue weighted by molar-refractivity contribution is 0.700. The molecule has 0 saturated heterocycles. The van der Waals surface area contributed by atoms with Gasteiger partial charge in [-0.25, -0.2) is 4.98 Å². The molecule has 94 valence electrons. The molecule has 0 aliphatic heterocycles. The average Bonchev–Trinajstić information content (AvgIpc) is 2.98. The number of rotatable bonds is 3. The van der Waals surface area contributed by atoms with Gasteiger partial charge in [-0.2, -0.15) is 0 Å². The summed E-state index contributed by atoms with van der Waals surface area (Å²) in [5.74, 6) is 1.24. The number of pyridine rings is 1. The van der Waals surface area contributed by atoms with Crippen molar-refractivity contribution in [3.8, 4) is 17.2 Å². The van der Waals surface area contributed by atoms with Crippen LogP contribution in [-0.4, -0.2) is 25.2 Å². The van der Waals surface area contributed by atoms with E-state index in [0.29, 0.717) is 11.6 Å². The quantitative estimate of drug-likeness (QED) is 0.697. The Bertz CT molecular complexity index is 663. The maximum Gasteiger partial charge on any atom is 0.205 e. The second-order valence-electron chi connectivity index (χ2n) is 3.93. The third-order valence-corrected chi connectivity index (χ3v) is 3.26. The van der Waals surface area contributed by atoms with Crippen LogP contribution in [0.5, 0.6) is 0 Å². The topological polar surface area (TPSA) is 56.5 Å². The fraction of sp³-hybridized carbons (Fsp3) is 0.0769. The second kappa shape index (κ2) is 5.27. The molecule has 6 heteroatoms. The third-order valence-electron chi connectivity index (χ3n) is 2.61. The van der Waals surface area contributed by atoms with E-state index >= 15 is 0 Å². The zero-order chi connectivity index (χ0) is 13.1. The molecule has 0 bridgehead atoms. The van der Waals surface area contributed by atoms with Crippen molar-refractivity contribution in [1.29, 1.82) is 0 Å². The summed E-state index contributed by atoms with van der Waals surface area (Å²) in [7, 11) is 0. The van der Waals surface area contributed by atoms with Gasteiger partial charge in [-0.1, -0.05) is 52.3 Å². The first kappa shape index (κ1) is 12.0. The highest BCUT2D eigenvalue weighted by atomic mass is 79.9. The molecule has 0 N–H and O–H groups in total. The van der Waals surface area contributed by atoms with Crippen molar-refractivity contribution in [2.45, 2.75) is 5.33 Å². The van der Waals surface area contributed by atoms with Gasteiger partial charge in [-0.15, -0.1) is 15.0 Å². The Morgan fingerprint density at radius 3 is 2.58 bits per heavy atom. The highest BCUT2D eigenvalue weighted by Gasteiger charge is 2.07. The number of alkyl halides is 1. The van der Waals surface area contributed by atoms with E-state index in [0.717, 1.165) is 16.5 Å². The summed E-state index contributed by atoms with van der Waals surface area (Å²) in [6.45, 7) is 0. The summed E-state index contributed by atoms with van der Waals surface area (Å²) in [6.07, 6.45) is 1.79. The zero-order valence-electron chi connectivity index (χ0n) is 9.94. The van der Waals surface area contributed by atoms with E-state index in [4.69, 9.17) is 0 Å². The summed E-state index contributed by atoms with van der Waals surface area (Å²) in [4.78, 5) is 5.73. The highest BCUT2D eigenvalue weighted by molar-refractivity contribution is 9.08. The Balaban J connectivity index is 1.92. The smallest absolute Gasteiger partial charge is 0.205 e. The van der Waals surface area contributed by atoms with Gasteiger partial charge in [-0.05, 0) is 16.8 Å². The van der Waals surface area contributed by atoms with E-state index in [1.165, 1.54) is 4.80 Å². The molecule has 3 rings (SSSR count). The summed E-state index contributed by atoms with van der Waals surface area (Å²) in [5, 5.41) is 13.2. The Morgan fingerprint density at radius 1 is 1.05 bits per heavy atom. The SMILES string of the molecule is BrCc1ccc(-n2nnc(-c3ccccc3)n2)nc1. The number of halogens is 1. The first-order valence-corrected chi connectivity index (χ1v) is 6.85. The largest absolute Gasteiger partial charge is 0.235 e. The van der Waals surface area contributed by atoms with Crippen molar-refractivity contribution in [1.82, 2.24) is 25.2 Å². The van der Waals surface area contributed by atoms with E-state index in [2.05, 4.69) is 36.3 Å². The molecule has 3 aromatic rings. The second-order valence-corrected chi connectivity index (χ2v) is 4.49. The molecule has 0 aliphatic rings. The van der Waals surface area contributed by atoms with Gasteiger partial charge < -0.3 is 0 Å². The van der Waals surface area contributed by atoms with Gasteiger partial charge >= 0.3 is 0 Å². The Labute approximate surface area is 118 Å². The van der Waals surface area contributed by atoms with Gasteiger partial charge in [0.15, 0.2) is 5.82 Å². The molecule has 0 aliphatic carbocycles. The molecular weight excluding hydrogens is 306 g/mol. The van der Waals surface area contributed by atoms with Crippen LogP contribution < -0.4 is 0 Å². The van der Waals surface area contributed by atoms with Crippen LogP contribution in [0.15, 0.2) is 48.7 Å². The van der Waals surface area contributed by atoms with Crippen molar-refractivity contribution in [3.63, 3.8) is 0 Å². The minimum Gasteiger partial charge on any atom is -0.235 e. The lowest BCUT2D eigenvalue weighted by atomic mass is 10.2. The van der Waals surface area contributed by atoms with Crippen molar-refractivity contribution in [2.24, 2.45) is 0 Å². The van der Waals surface area contributed by atoms with Gasteiger partial charge in [0.2, 0.25) is 5.82 Å². The molecule has 0 atom stereocenters. The van der Waals surface area contributed by atoms with E-state index in [1.807, 2.05) is 42.5 Å². The molecule has 5 nitrogen and oxygen atoms in total. The zero-order valence-corrected chi connectivity index (χ0v) is 11.5. The number of hydrogen-bond donors (Lipinski definition) is 0. The molecule has 0 fully saturated rings. The van der Waals surface area contributed by atoms with Crippen molar-refractivity contribution < 1.29 is 0 Å². The lowest BCUT2D eigenvalue weighted by Gasteiger charge is -1.98. The first-order valence-electron chi connectivity index (χ1n) is 5.73. The van der Waals surface area contributed by atoms with Crippen molar-refractivity contribution in [2.75, 3.05) is 0 Å². The predicted octanol–water partition coefficient (Wildman–Crippen LogP) is 2.62. The van der Waals surface area contributed by atoms with Crippen LogP contribution in [0.3, 0.4) is 0 Å². The third kappa shape index (κ3) is 2.53. The van der Waals surface area contributed by atoms with Gasteiger partial charge in [-0.3, -0.25) is 0 Å². The maximum atomic E-state index is 4.33. The van der Waals surface area contributed by atoms with E-state index < -0.39 is 0 Å². The van der Waals surface area contributed by atoms with Gasteiger partial charge in [0.25, 0.3) is 0 Å². The highest BCUT2D eigenvalue weighted by Crippen LogP contribution is 2.13. The van der Waals surface area contributed by atoms with E-state index in [1.54, 1.807) is 6.20 Å². The molecule has 0 amide bonds. The van der Waals surface area contributed by atoms with E-state index in [9.17, 15) is 0 Å². The van der Waals surface area contributed by atoms with E-state index in [-0.39, 0.29) is 0 Å². The maximum absolute atomic E-state index is 4.33. The standard InChI is InChI=1S/C13H10BrN5/c14-8-10-6-7-12(15-9-10)19-17-13(16-18-19)11-4-2-1-3-5-11/h1-7,9H,8H2. The molecule has 19 heavy (non-hydrogen) atoms. The number of aromatic nitrogens is 5. The van der Waals surface area contributed by atoms with Crippen LogP contribution in [0.4, 0.5) is 0 Å². The molecule has 0 radical (unpaired) electrons. The monoisotopic (exact) mass is 315 g/mol. The fourth-order valence-corrected chi connectivity index (χ4v) is 1.96. The van der Waals surface area contributed by atoms with Crippen LogP contribution in [0.1, 0.15) is 5.56 Å². The van der Waals surface area contributed by atoms with Crippen LogP contribution >= 0.6 is 15.9 Å². The number of tetrazole rings is 1. The number of hydrogen-bond acceptors (Lipinski definition) is 4. The summed E-state index contributed by atoms with van der Waals surface area (Å²) >= 11 is 3.38. The summed E-state index contributed by atoms with van der Waals surface area (Å²) < 4.78 is 0. The van der Waals surface area contributed by atoms with Crippen LogP contribution in [0.2, 0.25) is 0 Å². The lowest BCUT2D eigenvalue weighted by Crippen LogP contribution is -2.01. The minimum absolute atomic E-state index is 0.590. The normalized spacial score (nSPS) is 10.6. The molecular formula is C13H10BrN5. The number of benzene rings is 1. The van der Waals surface area contributed by atoms with Crippen LogP contribution in [0.25, 0.3) is 17.2 Å². The van der Waals surface area contributed by atoms with Crippen molar-refractivity contribution >= 4 is 15.9 Å². The van der Waals surface area contributed by atoms with Gasteiger partial charge in [0.05, 0.1) is 0 Å². The molecule has 1 aromatic carbocycles. The Kier molecular flexibility index (Phi) is 3.33. The van der Waals surface area contributed by atoms with Crippen LogP contribution in [0, 0.1) is 0 Å². The molecule has 0 unspecified atom stereocenters. The van der Waals surface area contributed by atoms with Crippen molar-refractivity contribution in [3.05, 3.63) is 54.2 Å². The predicted molar refractivity (Wildman–Crippen MR) is 75.0 cm³/mol. The fourth-order valence-electron chi connectivity index (χ4n) is 1.63. The summed E-state index contributed by atoms with van der Waals surface area (Å²) in [5.41, 5.74) is 2.04. The van der Waals surface area contributed by atoms with Gasteiger partial charge in [0.1, 0.15) is 0 Å². The molecule has 0 spiro atoms. The molecule has 2 aromatic heterocycles. The minimum atomic E-state index is 0.590.